The molecule has 1 aliphatic carbocycles. The van der Waals surface area contributed by atoms with Gasteiger partial charge in [0.25, 0.3) is 0 Å². The molecule has 7 heteroatoms. The summed E-state index contributed by atoms with van der Waals surface area (Å²) >= 11 is 7.67. The molecule has 0 spiro atoms. The summed E-state index contributed by atoms with van der Waals surface area (Å²) in [7, 11) is 1.57. The zero-order chi connectivity index (χ0) is 17.8. The van der Waals surface area contributed by atoms with E-state index >= 15 is 0 Å². The largest absolute Gasteiger partial charge is 0.496 e. The topological polar surface area (TPSA) is 62.7 Å². The Morgan fingerprint density at radius 2 is 2.28 bits per heavy atom. The van der Waals surface area contributed by atoms with E-state index < -0.39 is 0 Å². The number of ether oxygens (including phenoxy) is 1. The number of benzene rings is 1. The Hall–Kier alpha value is -2.10. The van der Waals surface area contributed by atoms with E-state index in [9.17, 15) is 0 Å². The average molecular weight is 375 g/mol. The van der Waals surface area contributed by atoms with Crippen molar-refractivity contribution in [3.05, 3.63) is 44.7 Å². The number of halogens is 1. The fourth-order valence-corrected chi connectivity index (χ4v) is 3.86. The van der Waals surface area contributed by atoms with Gasteiger partial charge in [-0.25, -0.2) is 0 Å². The lowest BCUT2D eigenvalue weighted by Gasteiger charge is -2.26. The van der Waals surface area contributed by atoms with Gasteiger partial charge >= 0.3 is 0 Å². The number of thiazole rings is 1. The van der Waals surface area contributed by atoms with Crippen LogP contribution >= 0.6 is 22.9 Å². The predicted molar refractivity (Wildman–Crippen MR) is 100 cm³/mol. The van der Waals surface area contributed by atoms with E-state index in [0.717, 1.165) is 11.3 Å². The quantitative estimate of drug-likeness (QED) is 0.458. The molecule has 1 saturated carbocycles. The Bertz CT molecular complexity index is 903. The summed E-state index contributed by atoms with van der Waals surface area (Å²) in [6.45, 7) is 3.04. The van der Waals surface area contributed by atoms with E-state index in [1.165, 1.54) is 25.0 Å². The molecule has 3 rings (SSSR count). The molecule has 0 atom stereocenters. The van der Waals surface area contributed by atoms with Crippen LogP contribution in [0.25, 0.3) is 0 Å². The SMILES string of the molecule is COc1ccc(Cl)cc1C(=NC#N)/N=c1\scc(C)n1CC1CCC1. The number of hydrogen-bond donors (Lipinski definition) is 0. The van der Waals surface area contributed by atoms with Crippen molar-refractivity contribution in [3.63, 3.8) is 0 Å². The van der Waals surface area contributed by atoms with E-state index in [1.807, 2.05) is 6.19 Å². The van der Waals surface area contributed by atoms with E-state index in [4.69, 9.17) is 21.6 Å². The molecule has 2 aromatic rings. The molecule has 0 amide bonds. The Kier molecular flexibility index (Phi) is 5.57. The fourth-order valence-electron chi connectivity index (χ4n) is 2.80. The molecule has 0 radical (unpaired) electrons. The smallest absolute Gasteiger partial charge is 0.207 e. The van der Waals surface area contributed by atoms with Gasteiger partial charge in [-0.1, -0.05) is 18.0 Å². The summed E-state index contributed by atoms with van der Waals surface area (Å²) in [5, 5.41) is 11.7. The molecule has 1 aromatic carbocycles. The van der Waals surface area contributed by atoms with Gasteiger partial charge in [0, 0.05) is 22.6 Å². The summed E-state index contributed by atoms with van der Waals surface area (Å²) in [4.78, 5) is 9.42. The number of rotatable bonds is 4. The number of nitrogens with zero attached hydrogens (tertiary/aromatic N) is 4. The van der Waals surface area contributed by atoms with Gasteiger partial charge in [-0.15, -0.1) is 11.3 Å². The number of aromatic nitrogens is 1. The van der Waals surface area contributed by atoms with Gasteiger partial charge in [0.05, 0.1) is 12.7 Å². The van der Waals surface area contributed by atoms with E-state index in [0.29, 0.717) is 28.1 Å². The van der Waals surface area contributed by atoms with Crippen molar-refractivity contribution in [2.24, 2.45) is 15.9 Å². The van der Waals surface area contributed by atoms with Crippen LogP contribution in [0.5, 0.6) is 5.75 Å². The first-order chi connectivity index (χ1) is 12.1. The molecule has 0 saturated heterocycles. The van der Waals surface area contributed by atoms with Crippen LogP contribution in [0.1, 0.15) is 30.5 Å². The first-order valence-corrected chi connectivity index (χ1v) is 9.38. The lowest BCUT2D eigenvalue weighted by atomic mass is 9.85. The normalized spacial score (nSPS) is 15.8. The Labute approximate surface area is 155 Å². The highest BCUT2D eigenvalue weighted by molar-refractivity contribution is 7.07. The molecule has 1 fully saturated rings. The van der Waals surface area contributed by atoms with Crippen molar-refractivity contribution in [2.45, 2.75) is 32.7 Å². The number of amidine groups is 1. The highest BCUT2D eigenvalue weighted by Gasteiger charge is 2.19. The summed E-state index contributed by atoms with van der Waals surface area (Å²) in [6, 6.07) is 5.21. The molecule has 0 bridgehead atoms. The average Bonchev–Trinajstić information content (AvgIpc) is 2.90. The number of aliphatic imine (C=N–C) groups is 1. The molecule has 25 heavy (non-hydrogen) atoms. The molecule has 5 nitrogen and oxygen atoms in total. The maximum Gasteiger partial charge on any atom is 0.207 e. The van der Waals surface area contributed by atoms with Gasteiger partial charge in [0.1, 0.15) is 5.75 Å². The molecule has 1 aliphatic rings. The van der Waals surface area contributed by atoms with Gasteiger partial charge in [0.15, 0.2) is 10.6 Å². The summed E-state index contributed by atoms with van der Waals surface area (Å²) in [6.07, 6.45) is 5.68. The number of methoxy groups -OCH3 is 1. The zero-order valence-corrected chi connectivity index (χ0v) is 15.8. The Morgan fingerprint density at radius 3 is 2.92 bits per heavy atom. The minimum Gasteiger partial charge on any atom is -0.496 e. The van der Waals surface area contributed by atoms with Crippen LogP contribution in [0.15, 0.2) is 33.6 Å². The molecule has 1 aromatic heterocycles. The third-order valence-electron chi connectivity index (χ3n) is 4.42. The van der Waals surface area contributed by atoms with Gasteiger partial charge in [-0.2, -0.15) is 15.2 Å². The van der Waals surface area contributed by atoms with E-state index in [2.05, 4.69) is 26.9 Å². The van der Waals surface area contributed by atoms with Gasteiger partial charge in [-0.3, -0.25) is 0 Å². The summed E-state index contributed by atoms with van der Waals surface area (Å²) in [5.74, 6) is 1.61. The zero-order valence-electron chi connectivity index (χ0n) is 14.2. The second-order valence-electron chi connectivity index (χ2n) is 6.06. The lowest BCUT2D eigenvalue weighted by molar-refractivity contribution is 0.273. The predicted octanol–water partition coefficient (Wildman–Crippen LogP) is 4.15. The summed E-state index contributed by atoms with van der Waals surface area (Å²) in [5.41, 5.74) is 1.78. The van der Waals surface area contributed by atoms with Gasteiger partial charge in [0.2, 0.25) is 6.19 Å². The van der Waals surface area contributed by atoms with Gasteiger partial charge in [-0.05, 0) is 43.9 Å². The molecule has 130 valence electrons. The second-order valence-corrected chi connectivity index (χ2v) is 7.33. The maximum atomic E-state index is 9.10. The summed E-state index contributed by atoms with van der Waals surface area (Å²) < 4.78 is 7.59. The highest BCUT2D eigenvalue weighted by atomic mass is 35.5. The van der Waals surface area contributed by atoms with Crippen molar-refractivity contribution in [3.8, 4) is 11.9 Å². The number of nitriles is 1. The fraction of sp³-hybridized carbons (Fsp3) is 0.389. The van der Waals surface area contributed by atoms with Crippen LogP contribution in [0, 0.1) is 24.3 Å². The van der Waals surface area contributed by atoms with Gasteiger partial charge < -0.3 is 9.30 Å². The Balaban J connectivity index is 2.07. The first-order valence-electron chi connectivity index (χ1n) is 8.12. The minimum atomic E-state index is 0.311. The third-order valence-corrected chi connectivity index (χ3v) is 5.63. The lowest BCUT2D eigenvalue weighted by Crippen LogP contribution is -2.26. The van der Waals surface area contributed by atoms with Crippen LogP contribution in [-0.4, -0.2) is 17.5 Å². The van der Waals surface area contributed by atoms with Crippen LogP contribution < -0.4 is 9.54 Å². The van der Waals surface area contributed by atoms with E-state index in [1.54, 1.807) is 36.6 Å². The standard InChI is InChI=1S/C18H19ClN4OS/c1-12-10-25-18(23(12)9-13-4-3-5-13)22-17(21-11-20)15-8-14(19)6-7-16(15)24-2/h6-8,10,13H,3-5,9H2,1-2H3/b21-17?,22-18-. The number of hydrogen-bond acceptors (Lipinski definition) is 4. The second kappa shape index (κ2) is 7.85. The van der Waals surface area contributed by atoms with Crippen molar-refractivity contribution >= 4 is 28.8 Å². The van der Waals surface area contributed by atoms with Crippen molar-refractivity contribution in [1.82, 2.24) is 4.57 Å². The Morgan fingerprint density at radius 1 is 1.48 bits per heavy atom. The molecule has 0 N–H and O–H groups in total. The molecular formula is C18H19ClN4OS. The molecule has 0 aliphatic heterocycles. The first kappa shape index (κ1) is 17.7. The monoisotopic (exact) mass is 374 g/mol. The molecular weight excluding hydrogens is 356 g/mol. The minimum absolute atomic E-state index is 0.311. The maximum absolute atomic E-state index is 9.10. The van der Waals surface area contributed by atoms with Crippen molar-refractivity contribution < 1.29 is 4.74 Å². The van der Waals surface area contributed by atoms with Crippen molar-refractivity contribution in [2.75, 3.05) is 7.11 Å². The molecule has 0 unspecified atom stereocenters. The molecule has 1 heterocycles. The van der Waals surface area contributed by atoms with Crippen LogP contribution in [0.3, 0.4) is 0 Å². The van der Waals surface area contributed by atoms with Crippen LogP contribution in [0.4, 0.5) is 0 Å². The van der Waals surface area contributed by atoms with Crippen molar-refractivity contribution in [1.29, 1.82) is 5.26 Å². The third kappa shape index (κ3) is 3.94. The number of aryl methyl sites for hydroxylation is 1. The van der Waals surface area contributed by atoms with Crippen LogP contribution in [-0.2, 0) is 6.54 Å². The van der Waals surface area contributed by atoms with Crippen LogP contribution in [0.2, 0.25) is 5.02 Å². The highest BCUT2D eigenvalue weighted by Crippen LogP contribution is 2.28. The van der Waals surface area contributed by atoms with E-state index in [-0.39, 0.29) is 0 Å².